The van der Waals surface area contributed by atoms with E-state index in [0.717, 1.165) is 99.3 Å². The molecule has 1 aliphatic carbocycles. The van der Waals surface area contributed by atoms with E-state index in [1.807, 2.05) is 98.6 Å². The first-order valence-electron chi connectivity index (χ1n) is 36.9. The van der Waals surface area contributed by atoms with Gasteiger partial charge in [0.15, 0.2) is 6.10 Å². The van der Waals surface area contributed by atoms with Gasteiger partial charge >= 0.3 is 23.9 Å². The number of carbonyl (C=O) groups excluding carboxylic acids is 6. The highest BCUT2D eigenvalue weighted by atomic mass is 16.6. The zero-order valence-corrected chi connectivity index (χ0v) is 58.9. The molecular weight excluding hydrogens is 1190 g/mol. The van der Waals surface area contributed by atoms with Crippen molar-refractivity contribution in [2.45, 2.75) is 289 Å². The molecular formula is C79H121N5O11. The molecule has 5 atom stereocenters. The van der Waals surface area contributed by atoms with Gasteiger partial charge in [0.2, 0.25) is 11.8 Å². The summed E-state index contributed by atoms with van der Waals surface area (Å²) in [6, 6.07) is 19.9. The zero-order chi connectivity index (χ0) is 68.1. The number of aliphatic hydroxyl groups excluding tert-OH is 1. The lowest BCUT2D eigenvalue weighted by molar-refractivity contribution is -0.168. The number of β-amino-alcohol motifs (C(OH)–C–C–N with tert-alkyl or cyclic N) is 1. The number of allylic oxidation sites excluding steroid dienone is 4. The van der Waals surface area contributed by atoms with Gasteiger partial charge in [-0.15, -0.1) is 0 Å². The average molecular weight is 1320 g/mol. The third-order valence-corrected chi connectivity index (χ3v) is 17.9. The number of aromatic nitrogens is 1. The van der Waals surface area contributed by atoms with Crippen LogP contribution in [0.4, 0.5) is 0 Å². The van der Waals surface area contributed by atoms with Crippen LogP contribution in [0.5, 0.6) is 0 Å². The van der Waals surface area contributed by atoms with Crippen LogP contribution in [0.3, 0.4) is 0 Å². The van der Waals surface area contributed by atoms with E-state index in [1.165, 1.54) is 77.0 Å². The number of hydrogen-bond acceptors (Lipinski definition) is 14. The van der Waals surface area contributed by atoms with E-state index in [1.54, 1.807) is 6.20 Å². The second-order valence-corrected chi connectivity index (χ2v) is 27.7. The first-order valence-corrected chi connectivity index (χ1v) is 36.9. The maximum absolute atomic E-state index is 14.8. The molecule has 1 saturated heterocycles. The largest absolute Gasteiger partial charge is 0.462 e. The molecule has 2 heterocycles. The molecule has 16 heteroatoms. The monoisotopic (exact) mass is 1320 g/mol. The number of aliphatic hydroxyl groups is 1. The molecule has 0 spiro atoms. The lowest BCUT2D eigenvalue weighted by Gasteiger charge is -2.42. The molecule has 3 aromatic rings. The van der Waals surface area contributed by atoms with Gasteiger partial charge in [0.1, 0.15) is 25.4 Å². The number of nitrogens with zero attached hydrogens (tertiary/aromatic N) is 3. The molecule has 1 aromatic heterocycles. The number of rotatable bonds is 50. The average Bonchev–Trinajstić information content (AvgIpc) is 1.73. The Morgan fingerprint density at radius 2 is 1.14 bits per heavy atom. The molecule has 0 unspecified atom stereocenters. The lowest BCUT2D eigenvalue weighted by Crippen LogP contribution is -2.61. The van der Waals surface area contributed by atoms with Crippen molar-refractivity contribution in [2.24, 2.45) is 5.92 Å². The Morgan fingerprint density at radius 3 is 1.69 bits per heavy atom. The molecule has 1 aliphatic heterocycles. The predicted molar refractivity (Wildman–Crippen MR) is 378 cm³/mol. The summed E-state index contributed by atoms with van der Waals surface area (Å²) in [4.78, 5) is 90.5. The summed E-state index contributed by atoms with van der Waals surface area (Å²) in [5.74, 6) is -3.42. The number of fused-ring (bicyclic) bond motifs is 1. The molecule has 3 N–H and O–H groups in total. The Bertz CT molecular complexity index is 2630. The van der Waals surface area contributed by atoms with Gasteiger partial charge in [0.05, 0.1) is 25.0 Å². The maximum Gasteiger partial charge on any atom is 0.306 e. The van der Waals surface area contributed by atoms with Gasteiger partial charge in [-0.05, 0) is 126 Å². The van der Waals surface area contributed by atoms with E-state index in [2.05, 4.69) is 58.7 Å². The Morgan fingerprint density at radius 1 is 0.611 bits per heavy atom. The number of amides is 2. The molecule has 0 bridgehead atoms. The number of unbranched alkanes of at least 4 members (excludes halogenated alkanes) is 22. The smallest absolute Gasteiger partial charge is 0.306 e. The van der Waals surface area contributed by atoms with Crippen LogP contribution in [-0.2, 0) is 67.1 Å². The molecule has 2 amide bonds. The van der Waals surface area contributed by atoms with Crippen molar-refractivity contribution in [2.75, 3.05) is 39.4 Å². The summed E-state index contributed by atoms with van der Waals surface area (Å²) in [7, 11) is 0. The van der Waals surface area contributed by atoms with Crippen molar-refractivity contribution in [1.82, 2.24) is 25.4 Å². The summed E-state index contributed by atoms with van der Waals surface area (Å²) in [5.41, 5.74) is 3.18. The van der Waals surface area contributed by atoms with E-state index >= 15 is 0 Å². The molecule has 2 aromatic carbocycles. The van der Waals surface area contributed by atoms with Crippen LogP contribution in [-0.4, -0.2) is 125 Å². The number of nitrogens with one attached hydrogen (secondary N) is 2. The fourth-order valence-corrected chi connectivity index (χ4v) is 12.6. The number of benzene rings is 2. The Kier molecular flexibility index (Phi) is 39.9. The van der Waals surface area contributed by atoms with Crippen LogP contribution in [0.25, 0.3) is 0 Å². The van der Waals surface area contributed by atoms with Crippen LogP contribution in [0.1, 0.15) is 262 Å². The number of pyridine rings is 1. The summed E-state index contributed by atoms with van der Waals surface area (Å²) in [6.07, 6.45) is 40.1. The number of ether oxygens (including phenoxy) is 4. The molecule has 5 rings (SSSR count). The van der Waals surface area contributed by atoms with Crippen molar-refractivity contribution in [3.8, 4) is 0 Å². The third kappa shape index (κ3) is 35.0. The highest BCUT2D eigenvalue weighted by molar-refractivity contribution is 5.83. The zero-order valence-electron chi connectivity index (χ0n) is 58.9. The second kappa shape index (κ2) is 47.6. The van der Waals surface area contributed by atoms with Crippen molar-refractivity contribution in [1.29, 1.82) is 0 Å². The molecule has 16 nitrogen and oxygen atoms in total. The number of hydrogen-bond donors (Lipinski definition) is 3. The van der Waals surface area contributed by atoms with Gasteiger partial charge in [-0.25, -0.2) is 0 Å². The molecule has 95 heavy (non-hydrogen) atoms. The molecule has 2 aliphatic rings. The van der Waals surface area contributed by atoms with Crippen LogP contribution < -0.4 is 10.6 Å². The van der Waals surface area contributed by atoms with E-state index in [0.29, 0.717) is 51.9 Å². The number of carbonyl (C=O) groups is 6. The molecule has 528 valence electrons. The van der Waals surface area contributed by atoms with Crippen LogP contribution >= 0.6 is 0 Å². The highest BCUT2D eigenvalue weighted by Gasteiger charge is 2.39. The van der Waals surface area contributed by atoms with Gasteiger partial charge in [0, 0.05) is 75.8 Å². The van der Waals surface area contributed by atoms with E-state index in [9.17, 15) is 33.9 Å². The standard InChI is InChI=1S/C79H121N5O11/c1-6-8-10-12-14-16-18-20-22-24-26-28-30-32-37-47-72(86)92-61-68(62-93-73(87)48-38-33-31-29-27-25-23-21-19-17-15-13-11-9-7-2)94-74(88)49-50-75(89)95-71-56-65-45-39-40-46-69(65)76(71)81-77(90)66(54-63-42-35-34-36-43-63)55-67(85)59-84-53-52-83(58-64-44-41-51-80-57-64)60-70(84)78(91)82-79(3,4)5/h20-23,34-36,39-46,51,57,66-68,70-71,76,85H,6-19,24-33,37-38,47-50,52-56,58-62H2,1-5H3,(H,81,90)(H,82,91)/b22-20-,23-21-/t66-,67+,70+,71-,76+/m1/s1. The Labute approximate surface area is 571 Å². The summed E-state index contributed by atoms with van der Waals surface area (Å²) in [5, 5.41) is 18.3. The first kappa shape index (κ1) is 79.5. The van der Waals surface area contributed by atoms with Crippen molar-refractivity contribution >= 4 is 35.7 Å². The van der Waals surface area contributed by atoms with Crippen molar-refractivity contribution in [3.05, 3.63) is 126 Å². The first-order chi connectivity index (χ1) is 46.1. The van der Waals surface area contributed by atoms with E-state index in [4.69, 9.17) is 18.9 Å². The van der Waals surface area contributed by atoms with Gasteiger partial charge in [-0.2, -0.15) is 0 Å². The van der Waals surface area contributed by atoms with Crippen LogP contribution in [0.15, 0.2) is 103 Å². The van der Waals surface area contributed by atoms with E-state index < -0.39 is 65.7 Å². The molecule has 0 saturated carbocycles. The summed E-state index contributed by atoms with van der Waals surface area (Å²) < 4.78 is 23.1. The lowest BCUT2D eigenvalue weighted by atomic mass is 9.91. The third-order valence-electron chi connectivity index (χ3n) is 17.9. The Hall–Kier alpha value is -6.23. The summed E-state index contributed by atoms with van der Waals surface area (Å²) >= 11 is 0. The fraction of sp³-hybridized carbons (Fsp3) is 0.658. The number of esters is 4. The Balaban J connectivity index is 1.13. The van der Waals surface area contributed by atoms with Gasteiger partial charge in [0.25, 0.3) is 0 Å². The SMILES string of the molecule is CCCCCCCC/C=C\CCCCCCCC(=O)OCC(COC(=O)CCCCCCC/C=C\CCCCCCCC)OC(=O)CCC(=O)O[C@@H]1Cc2ccccc2[C@@H]1NC(=O)[C@H](Cc1ccccc1)C[C@H](O)CN1CCN(Cc2cccnc2)C[C@H]1C(=O)NC(C)(C)C. The molecule has 0 radical (unpaired) electrons. The van der Waals surface area contributed by atoms with Crippen LogP contribution in [0.2, 0.25) is 0 Å². The quantitative estimate of drug-likeness (QED) is 0.0208. The summed E-state index contributed by atoms with van der Waals surface area (Å²) in [6.45, 7) is 12.2. The van der Waals surface area contributed by atoms with E-state index in [-0.39, 0.29) is 63.7 Å². The minimum Gasteiger partial charge on any atom is -0.462 e. The van der Waals surface area contributed by atoms with Gasteiger partial charge in [-0.3, -0.25) is 43.6 Å². The fourth-order valence-electron chi connectivity index (χ4n) is 12.6. The predicted octanol–water partition coefficient (Wildman–Crippen LogP) is 15.3. The highest BCUT2D eigenvalue weighted by Crippen LogP contribution is 2.35. The topological polar surface area (TPSA) is 203 Å². The number of piperazine rings is 1. The maximum atomic E-state index is 14.8. The molecule has 1 fully saturated rings. The second-order valence-electron chi connectivity index (χ2n) is 27.7. The minimum absolute atomic E-state index is 0.0975. The van der Waals surface area contributed by atoms with Crippen molar-refractivity contribution < 1.29 is 52.8 Å². The van der Waals surface area contributed by atoms with Gasteiger partial charge in [-0.1, -0.05) is 202 Å². The van der Waals surface area contributed by atoms with Crippen LogP contribution in [0, 0.1) is 5.92 Å². The van der Waals surface area contributed by atoms with Gasteiger partial charge < -0.3 is 34.7 Å². The normalized spacial score (nSPS) is 16.6. The minimum atomic E-state index is -1.08. The van der Waals surface area contributed by atoms with Crippen molar-refractivity contribution in [3.63, 3.8) is 0 Å².